The summed E-state index contributed by atoms with van der Waals surface area (Å²) >= 11 is 6.14. The number of ether oxygens (including phenoxy) is 2. The van der Waals surface area contributed by atoms with Crippen molar-refractivity contribution in [2.24, 2.45) is 0 Å². The SMILES string of the molecule is COc1ncc2ncnc(Cl)c2c1O[C@@H]1CCN(C2CC2)CC1(F)F. The Morgan fingerprint density at radius 3 is 2.72 bits per heavy atom. The van der Waals surface area contributed by atoms with Crippen LogP contribution in [0.4, 0.5) is 8.78 Å². The minimum atomic E-state index is -2.98. The van der Waals surface area contributed by atoms with E-state index in [-0.39, 0.29) is 29.7 Å². The molecule has 1 atom stereocenters. The van der Waals surface area contributed by atoms with Crippen LogP contribution in [0.25, 0.3) is 10.9 Å². The van der Waals surface area contributed by atoms with Crippen LogP contribution >= 0.6 is 11.6 Å². The highest BCUT2D eigenvalue weighted by Crippen LogP contribution is 2.41. The molecule has 6 nitrogen and oxygen atoms in total. The zero-order valence-electron chi connectivity index (χ0n) is 13.6. The van der Waals surface area contributed by atoms with Crippen LogP contribution in [-0.2, 0) is 0 Å². The van der Waals surface area contributed by atoms with Crippen LogP contribution in [0.3, 0.4) is 0 Å². The van der Waals surface area contributed by atoms with Gasteiger partial charge in [0, 0.05) is 19.0 Å². The van der Waals surface area contributed by atoms with Gasteiger partial charge in [0.05, 0.1) is 30.8 Å². The van der Waals surface area contributed by atoms with Crippen molar-refractivity contribution in [1.82, 2.24) is 19.9 Å². The lowest BCUT2D eigenvalue weighted by molar-refractivity contribution is -0.141. The van der Waals surface area contributed by atoms with Gasteiger partial charge in [-0.2, -0.15) is 0 Å². The summed E-state index contributed by atoms with van der Waals surface area (Å²) in [7, 11) is 1.40. The summed E-state index contributed by atoms with van der Waals surface area (Å²) in [5.74, 6) is -2.82. The lowest BCUT2D eigenvalue weighted by atomic mass is 10.0. The molecule has 2 fully saturated rings. The van der Waals surface area contributed by atoms with Crippen molar-refractivity contribution in [1.29, 1.82) is 0 Å². The fraction of sp³-hybridized carbons (Fsp3) is 0.562. The molecule has 1 saturated carbocycles. The van der Waals surface area contributed by atoms with Crippen molar-refractivity contribution in [3.05, 3.63) is 17.7 Å². The average molecular weight is 371 g/mol. The highest BCUT2D eigenvalue weighted by Gasteiger charge is 2.49. The van der Waals surface area contributed by atoms with Crippen LogP contribution in [0.2, 0.25) is 5.15 Å². The molecule has 0 bridgehead atoms. The number of fused-ring (bicyclic) bond motifs is 1. The first-order valence-electron chi connectivity index (χ1n) is 8.11. The van der Waals surface area contributed by atoms with Crippen molar-refractivity contribution in [3.63, 3.8) is 0 Å². The zero-order valence-corrected chi connectivity index (χ0v) is 14.3. The van der Waals surface area contributed by atoms with Crippen LogP contribution in [0.15, 0.2) is 12.5 Å². The van der Waals surface area contributed by atoms with Crippen LogP contribution in [-0.4, -0.2) is 58.1 Å². The third kappa shape index (κ3) is 3.08. The summed E-state index contributed by atoms with van der Waals surface area (Å²) in [6.07, 6.45) is 3.66. The van der Waals surface area contributed by atoms with E-state index in [1.165, 1.54) is 19.6 Å². The Labute approximate surface area is 148 Å². The molecule has 1 saturated heterocycles. The minimum Gasteiger partial charge on any atom is -0.478 e. The number of pyridine rings is 1. The molecule has 0 spiro atoms. The van der Waals surface area contributed by atoms with E-state index in [2.05, 4.69) is 15.0 Å². The molecule has 3 heterocycles. The maximum atomic E-state index is 14.6. The van der Waals surface area contributed by atoms with Crippen molar-refractivity contribution >= 4 is 22.5 Å². The van der Waals surface area contributed by atoms with Crippen molar-refractivity contribution in [2.75, 3.05) is 20.2 Å². The number of piperidine rings is 1. The molecule has 9 heteroatoms. The van der Waals surface area contributed by atoms with Crippen LogP contribution < -0.4 is 9.47 Å². The minimum absolute atomic E-state index is 0.0650. The maximum Gasteiger partial charge on any atom is 0.296 e. The number of nitrogens with zero attached hydrogens (tertiary/aromatic N) is 4. The van der Waals surface area contributed by atoms with Gasteiger partial charge >= 0.3 is 0 Å². The van der Waals surface area contributed by atoms with Gasteiger partial charge in [0.15, 0.2) is 11.9 Å². The van der Waals surface area contributed by atoms with Crippen molar-refractivity contribution in [3.8, 4) is 11.6 Å². The highest BCUT2D eigenvalue weighted by atomic mass is 35.5. The van der Waals surface area contributed by atoms with E-state index < -0.39 is 12.0 Å². The molecular weight excluding hydrogens is 354 g/mol. The molecule has 2 aliphatic rings. The molecule has 0 radical (unpaired) electrons. The van der Waals surface area contributed by atoms with E-state index in [1.54, 1.807) is 0 Å². The van der Waals surface area contributed by atoms with Crippen molar-refractivity contribution in [2.45, 2.75) is 37.3 Å². The Hall–Kier alpha value is -1.80. The Morgan fingerprint density at radius 1 is 1.24 bits per heavy atom. The molecule has 0 N–H and O–H groups in total. The normalized spacial score (nSPS) is 23.6. The lowest BCUT2D eigenvalue weighted by Gasteiger charge is -2.38. The summed E-state index contributed by atoms with van der Waals surface area (Å²) in [6.45, 7) is 0.280. The molecule has 134 valence electrons. The topological polar surface area (TPSA) is 60.4 Å². The Morgan fingerprint density at radius 2 is 2.04 bits per heavy atom. The summed E-state index contributed by atoms with van der Waals surface area (Å²) in [5, 5.41) is 0.441. The van der Waals surface area contributed by atoms with Crippen LogP contribution in [0.1, 0.15) is 19.3 Å². The smallest absolute Gasteiger partial charge is 0.296 e. The number of likely N-dealkylation sites (tertiary alicyclic amines) is 1. The first-order valence-corrected chi connectivity index (χ1v) is 8.49. The summed E-state index contributed by atoms with van der Waals surface area (Å²) < 4.78 is 40.2. The predicted octanol–water partition coefficient (Wildman–Crippen LogP) is 2.94. The Kier molecular flexibility index (Phi) is 4.11. The van der Waals surface area contributed by atoms with Gasteiger partial charge in [-0.25, -0.2) is 23.7 Å². The molecule has 0 aromatic carbocycles. The number of hydrogen-bond donors (Lipinski definition) is 0. The van der Waals surface area contributed by atoms with E-state index in [4.69, 9.17) is 21.1 Å². The van der Waals surface area contributed by atoms with E-state index in [1.807, 2.05) is 4.90 Å². The third-order valence-corrected chi connectivity index (χ3v) is 4.92. The lowest BCUT2D eigenvalue weighted by Crippen LogP contribution is -2.54. The van der Waals surface area contributed by atoms with Gasteiger partial charge in [0.1, 0.15) is 11.5 Å². The second kappa shape index (κ2) is 6.17. The number of rotatable bonds is 4. The van der Waals surface area contributed by atoms with Gasteiger partial charge in [0.2, 0.25) is 0 Å². The Balaban J connectivity index is 1.68. The number of methoxy groups -OCH3 is 1. The molecule has 0 amide bonds. The summed E-state index contributed by atoms with van der Waals surface area (Å²) in [6, 6.07) is 0.295. The summed E-state index contributed by atoms with van der Waals surface area (Å²) in [5.41, 5.74) is 0.412. The maximum absolute atomic E-state index is 14.6. The molecule has 4 rings (SSSR count). The molecule has 2 aromatic heterocycles. The number of aromatic nitrogens is 3. The highest BCUT2D eigenvalue weighted by molar-refractivity contribution is 6.34. The van der Waals surface area contributed by atoms with Crippen LogP contribution in [0, 0.1) is 0 Å². The van der Waals surface area contributed by atoms with E-state index in [0.717, 1.165) is 12.8 Å². The van der Waals surface area contributed by atoms with Crippen LogP contribution in [0.5, 0.6) is 11.6 Å². The molecule has 2 aromatic rings. The quantitative estimate of drug-likeness (QED) is 0.771. The largest absolute Gasteiger partial charge is 0.478 e. The molecule has 1 aliphatic heterocycles. The van der Waals surface area contributed by atoms with E-state index in [0.29, 0.717) is 23.5 Å². The Bertz CT molecular complexity index is 803. The van der Waals surface area contributed by atoms with E-state index >= 15 is 0 Å². The van der Waals surface area contributed by atoms with Gasteiger partial charge in [-0.15, -0.1) is 0 Å². The molecular formula is C16H17ClF2N4O2. The number of alkyl halides is 2. The summed E-state index contributed by atoms with van der Waals surface area (Å²) in [4.78, 5) is 13.9. The number of hydrogen-bond acceptors (Lipinski definition) is 6. The fourth-order valence-corrected chi connectivity index (χ4v) is 3.44. The monoisotopic (exact) mass is 370 g/mol. The predicted molar refractivity (Wildman–Crippen MR) is 87.5 cm³/mol. The van der Waals surface area contributed by atoms with Gasteiger partial charge < -0.3 is 9.47 Å². The van der Waals surface area contributed by atoms with Crippen molar-refractivity contribution < 1.29 is 18.3 Å². The van der Waals surface area contributed by atoms with E-state index in [9.17, 15) is 8.78 Å². The second-order valence-electron chi connectivity index (χ2n) is 6.38. The third-order valence-electron chi connectivity index (χ3n) is 4.64. The second-order valence-corrected chi connectivity index (χ2v) is 6.74. The van der Waals surface area contributed by atoms with Gasteiger partial charge in [0.25, 0.3) is 11.8 Å². The van der Waals surface area contributed by atoms with Gasteiger partial charge in [-0.05, 0) is 12.8 Å². The standard InChI is InChI=1S/C16H17ClF2N4O2/c1-24-15-13(12-10(6-20-15)21-8-22-14(12)17)25-11-4-5-23(9-2-3-9)7-16(11,18)19/h6,8-9,11H,2-5,7H2,1H3/t11-/m1/s1. The molecule has 0 unspecified atom stereocenters. The first-order chi connectivity index (χ1) is 12.0. The van der Waals surface area contributed by atoms with Gasteiger partial charge in [-0.3, -0.25) is 4.90 Å². The average Bonchev–Trinajstić information content (AvgIpc) is 3.41. The molecule has 25 heavy (non-hydrogen) atoms. The number of halogens is 3. The first kappa shape index (κ1) is 16.7. The zero-order chi connectivity index (χ0) is 17.6. The fourth-order valence-electron chi connectivity index (χ4n) is 3.21. The molecule has 1 aliphatic carbocycles. The van der Waals surface area contributed by atoms with Gasteiger partial charge in [-0.1, -0.05) is 11.6 Å².